The first kappa shape index (κ1) is 16.3. The van der Waals surface area contributed by atoms with E-state index in [0.29, 0.717) is 5.56 Å². The molecule has 0 aromatic heterocycles. The molecule has 1 aromatic rings. The third kappa shape index (κ3) is 3.23. The lowest BCUT2D eigenvalue weighted by Crippen LogP contribution is -2.45. The largest absolute Gasteiger partial charge is 0.226 e. The minimum Gasteiger partial charge on any atom is -0.0930 e. The third-order valence-electron chi connectivity index (χ3n) is 2.07. The van der Waals surface area contributed by atoms with E-state index in [1.807, 2.05) is 0 Å². The highest BCUT2D eigenvalue weighted by Crippen LogP contribution is 2.60. The smallest absolute Gasteiger partial charge is 0.0930 e. The van der Waals surface area contributed by atoms with E-state index in [1.165, 1.54) is 0 Å². The van der Waals surface area contributed by atoms with Crippen molar-refractivity contribution < 1.29 is 0 Å². The Bertz CT molecular complexity index is 388. The van der Waals surface area contributed by atoms with Crippen LogP contribution in [0.1, 0.15) is 11.1 Å². The fourth-order valence-corrected chi connectivity index (χ4v) is 2.54. The van der Waals surface area contributed by atoms with Gasteiger partial charge in [0.1, 0.15) is 0 Å². The fourth-order valence-electron chi connectivity index (χ4n) is 1.07. The van der Waals surface area contributed by atoms with Crippen LogP contribution in [0.15, 0.2) is 24.3 Å². The average Bonchev–Trinajstić information content (AvgIpc) is 2.16. The van der Waals surface area contributed by atoms with Gasteiger partial charge in [0.2, 0.25) is 8.13 Å². The summed E-state index contributed by atoms with van der Waals surface area (Å²) in [4.78, 5) is 0. The predicted molar refractivity (Wildman–Crippen MR) is 79.0 cm³/mol. The Morgan fingerprint density at radius 3 is 1.53 bits per heavy atom. The Morgan fingerprint density at radius 1 is 0.765 bits per heavy atom. The molecule has 0 spiro atoms. The highest BCUT2D eigenvalue weighted by molar-refractivity contribution is 6.78. The molecule has 7 heteroatoms. The maximum Gasteiger partial charge on any atom is 0.226 e. The highest BCUT2D eigenvalue weighted by atomic mass is 35.6. The molecule has 0 amide bonds. The van der Waals surface area contributed by atoms with E-state index in [9.17, 15) is 0 Å². The van der Waals surface area contributed by atoms with Crippen LogP contribution in [0.25, 0.3) is 0 Å². The van der Waals surface area contributed by atoms with Crippen LogP contribution in [0.3, 0.4) is 0 Å². The Hall–Kier alpha value is 1.25. The first-order valence-electron chi connectivity index (χ1n) is 4.25. The molecule has 0 atom stereocenters. The standard InChI is InChI=1S/C10H6Cl7/c1-6-2-4-7(5-3-6)8(11,12)9(13,14)10(15,16)17/h2-5H,1H2. The van der Waals surface area contributed by atoms with Gasteiger partial charge in [-0.15, -0.1) is 0 Å². The van der Waals surface area contributed by atoms with Crippen LogP contribution in [0, 0.1) is 6.92 Å². The quantitative estimate of drug-likeness (QED) is 0.554. The summed E-state index contributed by atoms with van der Waals surface area (Å²) >= 11 is 41.2. The maximum atomic E-state index is 6.12. The summed E-state index contributed by atoms with van der Waals surface area (Å²) in [5.74, 6) is 0. The molecule has 17 heavy (non-hydrogen) atoms. The molecule has 0 unspecified atom stereocenters. The van der Waals surface area contributed by atoms with Crippen LogP contribution >= 0.6 is 81.2 Å². The minimum absolute atomic E-state index is 0.407. The number of alkyl halides is 7. The van der Waals surface area contributed by atoms with Crippen molar-refractivity contribution in [1.82, 2.24) is 0 Å². The molecular formula is C10H6Cl7. The van der Waals surface area contributed by atoms with Gasteiger partial charge >= 0.3 is 0 Å². The molecule has 0 saturated carbocycles. The Morgan fingerprint density at radius 2 is 1.18 bits per heavy atom. The molecule has 0 fully saturated rings. The lowest BCUT2D eigenvalue weighted by atomic mass is 10.1. The zero-order chi connectivity index (χ0) is 13.5. The SMILES string of the molecule is [CH2]c1ccc(C(Cl)(Cl)C(Cl)(Cl)C(Cl)(Cl)Cl)cc1. The van der Waals surface area contributed by atoms with Gasteiger partial charge in [-0.2, -0.15) is 0 Å². The summed E-state index contributed by atoms with van der Waals surface area (Å²) in [6.07, 6.45) is 0. The molecule has 0 aliphatic heterocycles. The van der Waals surface area contributed by atoms with Crippen LogP contribution in [0.4, 0.5) is 0 Å². The van der Waals surface area contributed by atoms with Gasteiger partial charge in [0, 0.05) is 0 Å². The highest BCUT2D eigenvalue weighted by Gasteiger charge is 2.60. The molecule has 0 saturated heterocycles. The van der Waals surface area contributed by atoms with Crippen LogP contribution in [0.2, 0.25) is 0 Å². The molecule has 0 N–H and O–H groups in total. The Balaban J connectivity index is 3.23. The maximum absolute atomic E-state index is 6.12. The number of rotatable bonds is 2. The predicted octanol–water partition coefficient (Wildman–Crippen LogP) is 6.04. The van der Waals surface area contributed by atoms with Crippen molar-refractivity contribution in [3.63, 3.8) is 0 Å². The summed E-state index contributed by atoms with van der Waals surface area (Å²) in [6, 6.07) is 6.60. The van der Waals surface area contributed by atoms with Crippen LogP contribution in [0.5, 0.6) is 0 Å². The topological polar surface area (TPSA) is 0 Å². The molecule has 0 nitrogen and oxygen atoms in total. The van der Waals surface area contributed by atoms with Gasteiger partial charge in [0.15, 0.2) is 4.33 Å². The van der Waals surface area contributed by atoms with E-state index in [-0.39, 0.29) is 0 Å². The van der Waals surface area contributed by atoms with Gasteiger partial charge in [0.25, 0.3) is 0 Å². The first-order chi connectivity index (χ1) is 7.50. The van der Waals surface area contributed by atoms with E-state index in [1.54, 1.807) is 24.3 Å². The second kappa shape index (κ2) is 5.32. The molecule has 0 aliphatic carbocycles. The normalized spacial score (nSPS) is 13.9. The lowest BCUT2D eigenvalue weighted by Gasteiger charge is -2.37. The summed E-state index contributed by atoms with van der Waals surface area (Å²) in [5.41, 5.74) is 1.19. The first-order valence-corrected chi connectivity index (χ1v) is 6.89. The summed E-state index contributed by atoms with van der Waals surface area (Å²) < 4.78 is -5.85. The Kier molecular flexibility index (Phi) is 5.11. The zero-order valence-electron chi connectivity index (χ0n) is 8.16. The molecule has 95 valence electrons. The Labute approximate surface area is 135 Å². The minimum atomic E-state index is -2.05. The molecular weight excluding hydrogens is 368 g/mol. The van der Waals surface area contributed by atoms with Crippen LogP contribution in [-0.4, -0.2) is 8.13 Å². The summed E-state index contributed by atoms with van der Waals surface area (Å²) in [6.45, 7) is 3.72. The van der Waals surface area contributed by atoms with Crippen LogP contribution < -0.4 is 0 Å². The molecule has 1 aromatic carbocycles. The summed E-state index contributed by atoms with van der Waals surface area (Å²) in [7, 11) is 0. The summed E-state index contributed by atoms with van der Waals surface area (Å²) in [5, 5.41) is 0. The van der Waals surface area contributed by atoms with Crippen LogP contribution in [-0.2, 0) is 4.33 Å². The third-order valence-corrected chi connectivity index (χ3v) is 6.02. The van der Waals surface area contributed by atoms with Crippen molar-refractivity contribution in [2.24, 2.45) is 0 Å². The second-order valence-corrected chi connectivity index (χ2v) is 8.28. The van der Waals surface area contributed by atoms with E-state index >= 15 is 0 Å². The molecule has 0 bridgehead atoms. The van der Waals surface area contributed by atoms with Gasteiger partial charge < -0.3 is 0 Å². The van der Waals surface area contributed by atoms with Crippen molar-refractivity contribution in [1.29, 1.82) is 0 Å². The van der Waals surface area contributed by atoms with Gasteiger partial charge in [-0.1, -0.05) is 105 Å². The van der Waals surface area contributed by atoms with Crippen molar-refractivity contribution in [3.8, 4) is 0 Å². The van der Waals surface area contributed by atoms with E-state index in [2.05, 4.69) is 6.92 Å². The molecule has 0 aliphatic rings. The van der Waals surface area contributed by atoms with Gasteiger partial charge in [0.05, 0.1) is 0 Å². The monoisotopic (exact) mass is 371 g/mol. The van der Waals surface area contributed by atoms with Gasteiger partial charge in [-0.25, -0.2) is 0 Å². The van der Waals surface area contributed by atoms with Crippen molar-refractivity contribution in [2.75, 3.05) is 0 Å². The fraction of sp³-hybridized carbons (Fsp3) is 0.300. The van der Waals surface area contributed by atoms with Gasteiger partial charge in [-0.3, -0.25) is 0 Å². The lowest BCUT2D eigenvalue weighted by molar-refractivity contribution is 0.698. The van der Waals surface area contributed by atoms with E-state index < -0.39 is 12.5 Å². The van der Waals surface area contributed by atoms with E-state index in [0.717, 1.165) is 5.56 Å². The second-order valence-electron chi connectivity index (χ2n) is 3.34. The molecule has 1 rings (SSSR count). The molecule has 1 radical (unpaired) electrons. The number of hydrogen-bond acceptors (Lipinski definition) is 0. The number of halogens is 7. The van der Waals surface area contributed by atoms with Crippen molar-refractivity contribution in [3.05, 3.63) is 42.3 Å². The zero-order valence-corrected chi connectivity index (χ0v) is 13.5. The van der Waals surface area contributed by atoms with Gasteiger partial charge in [-0.05, 0) is 18.1 Å². The van der Waals surface area contributed by atoms with Crippen molar-refractivity contribution >= 4 is 81.2 Å². The van der Waals surface area contributed by atoms with Crippen molar-refractivity contribution in [2.45, 2.75) is 12.5 Å². The number of benzene rings is 1. The average molecular weight is 374 g/mol. The molecule has 0 heterocycles. The number of hydrogen-bond donors (Lipinski definition) is 0. The van der Waals surface area contributed by atoms with E-state index in [4.69, 9.17) is 81.2 Å².